The molecule has 0 fully saturated rings. The quantitative estimate of drug-likeness (QED) is 0.396. The van der Waals surface area contributed by atoms with Gasteiger partial charge < -0.3 is 25.8 Å². The third-order valence-electron chi connectivity index (χ3n) is 5.16. The number of nitro benzene ring substituents is 1. The summed E-state index contributed by atoms with van der Waals surface area (Å²) in [7, 11) is 3.78. The Hall–Kier alpha value is -3.40. The van der Waals surface area contributed by atoms with E-state index in [-0.39, 0.29) is 35.2 Å². The summed E-state index contributed by atoms with van der Waals surface area (Å²) < 4.78 is 11.3. The highest BCUT2D eigenvalue weighted by Gasteiger charge is 2.29. The number of nitrogens with zero attached hydrogens (tertiary/aromatic N) is 3. The number of hydrogen-bond donors (Lipinski definition) is 2. The molecule has 0 bridgehead atoms. The normalized spacial score (nSPS) is 14.0. The Balaban J connectivity index is 2.16. The van der Waals surface area contributed by atoms with E-state index < -0.39 is 16.5 Å². The van der Waals surface area contributed by atoms with Gasteiger partial charge in [-0.3, -0.25) is 14.9 Å². The standard InChI is InChI=1S/C20H25N5O5/c1-11(24(2)3)10-30-15-8-14(18(25(27)28)17(21)16(15)19(22)26)13-7-12-5-4-6-29-20(12)23-9-13/h7-9,11H,4-6,10,21H2,1-3H3,(H2,22,26)/t11-/m1/s1. The number of hydrogen-bond acceptors (Lipinski definition) is 8. The molecule has 30 heavy (non-hydrogen) atoms. The molecule has 1 amide bonds. The summed E-state index contributed by atoms with van der Waals surface area (Å²) in [6.07, 6.45) is 3.07. The predicted molar refractivity (Wildman–Crippen MR) is 112 cm³/mol. The number of nitrogen functional groups attached to an aromatic ring is 1. The third-order valence-corrected chi connectivity index (χ3v) is 5.16. The maximum Gasteiger partial charge on any atom is 0.301 e. The van der Waals surface area contributed by atoms with Gasteiger partial charge in [0.05, 0.1) is 17.1 Å². The van der Waals surface area contributed by atoms with Gasteiger partial charge in [-0.25, -0.2) is 4.98 Å². The van der Waals surface area contributed by atoms with Crippen LogP contribution in [-0.4, -0.2) is 54.1 Å². The minimum Gasteiger partial charge on any atom is -0.491 e. The van der Waals surface area contributed by atoms with Crippen molar-refractivity contribution >= 4 is 17.3 Å². The zero-order valence-corrected chi connectivity index (χ0v) is 17.2. The maximum atomic E-state index is 12.0. The molecule has 2 heterocycles. The molecule has 1 aromatic heterocycles. The summed E-state index contributed by atoms with van der Waals surface area (Å²) in [6, 6.07) is 3.25. The van der Waals surface area contributed by atoms with Gasteiger partial charge in [-0.05, 0) is 46.0 Å². The molecule has 4 N–H and O–H groups in total. The summed E-state index contributed by atoms with van der Waals surface area (Å²) in [5, 5.41) is 11.8. The lowest BCUT2D eigenvalue weighted by molar-refractivity contribution is -0.383. The van der Waals surface area contributed by atoms with Crippen molar-refractivity contribution in [3.8, 4) is 22.8 Å². The molecule has 2 aromatic rings. The van der Waals surface area contributed by atoms with E-state index in [4.69, 9.17) is 20.9 Å². The number of carbonyl (C=O) groups is 1. The van der Waals surface area contributed by atoms with Gasteiger partial charge in [-0.15, -0.1) is 0 Å². The Kier molecular flexibility index (Phi) is 6.06. The average Bonchev–Trinajstić information content (AvgIpc) is 2.70. The lowest BCUT2D eigenvalue weighted by Gasteiger charge is -2.22. The van der Waals surface area contributed by atoms with Crippen molar-refractivity contribution in [1.29, 1.82) is 0 Å². The highest BCUT2D eigenvalue weighted by atomic mass is 16.6. The summed E-state index contributed by atoms with van der Waals surface area (Å²) in [5.74, 6) is -0.277. The largest absolute Gasteiger partial charge is 0.491 e. The number of anilines is 1. The van der Waals surface area contributed by atoms with Crippen LogP contribution >= 0.6 is 0 Å². The Morgan fingerprint density at radius 3 is 2.80 bits per heavy atom. The topological polar surface area (TPSA) is 147 Å². The van der Waals surface area contributed by atoms with Crippen molar-refractivity contribution in [3.05, 3.63) is 39.6 Å². The molecular weight excluding hydrogens is 390 g/mol. The number of nitro groups is 1. The number of rotatable bonds is 7. The van der Waals surface area contributed by atoms with Gasteiger partial charge in [-0.2, -0.15) is 0 Å². The van der Waals surface area contributed by atoms with E-state index in [1.54, 1.807) is 6.07 Å². The zero-order valence-electron chi connectivity index (χ0n) is 17.2. The van der Waals surface area contributed by atoms with E-state index in [1.165, 1.54) is 12.3 Å². The van der Waals surface area contributed by atoms with E-state index in [9.17, 15) is 14.9 Å². The van der Waals surface area contributed by atoms with Crippen LogP contribution in [0.5, 0.6) is 11.6 Å². The molecule has 1 aliphatic rings. The highest BCUT2D eigenvalue weighted by molar-refractivity contribution is 6.05. The smallest absolute Gasteiger partial charge is 0.301 e. The van der Waals surface area contributed by atoms with Crippen LogP contribution in [0, 0.1) is 10.1 Å². The van der Waals surface area contributed by atoms with Crippen LogP contribution in [0.15, 0.2) is 18.3 Å². The fourth-order valence-electron chi connectivity index (χ4n) is 3.20. The summed E-state index contributed by atoms with van der Waals surface area (Å²) >= 11 is 0. The Labute approximate surface area is 173 Å². The SMILES string of the molecule is C[C@H](COc1cc(-c2cnc3c(c2)CCCO3)c([N+](=O)[O-])c(N)c1C(N)=O)N(C)C. The first-order valence-corrected chi connectivity index (χ1v) is 9.52. The number of amides is 1. The van der Waals surface area contributed by atoms with E-state index in [2.05, 4.69) is 4.98 Å². The summed E-state index contributed by atoms with van der Waals surface area (Å²) in [5.41, 5.74) is 12.1. The first-order valence-electron chi connectivity index (χ1n) is 9.52. The van der Waals surface area contributed by atoms with Crippen molar-refractivity contribution < 1.29 is 19.2 Å². The van der Waals surface area contributed by atoms with E-state index in [1.807, 2.05) is 25.9 Å². The third kappa shape index (κ3) is 4.13. The molecule has 0 saturated heterocycles. The van der Waals surface area contributed by atoms with Gasteiger partial charge in [0, 0.05) is 23.4 Å². The molecule has 160 valence electrons. The highest BCUT2D eigenvalue weighted by Crippen LogP contribution is 2.42. The molecule has 1 aliphatic heterocycles. The number of aromatic nitrogens is 1. The molecular formula is C20H25N5O5. The molecule has 10 heteroatoms. The van der Waals surface area contributed by atoms with Crippen LogP contribution in [-0.2, 0) is 6.42 Å². The van der Waals surface area contributed by atoms with Gasteiger partial charge in [0.1, 0.15) is 23.6 Å². The fourth-order valence-corrected chi connectivity index (χ4v) is 3.20. The molecule has 0 spiro atoms. The van der Waals surface area contributed by atoms with Gasteiger partial charge in [-0.1, -0.05) is 0 Å². The number of pyridine rings is 1. The van der Waals surface area contributed by atoms with Crippen molar-refractivity contribution in [2.45, 2.75) is 25.8 Å². The van der Waals surface area contributed by atoms with E-state index >= 15 is 0 Å². The van der Waals surface area contributed by atoms with E-state index in [0.29, 0.717) is 18.1 Å². The molecule has 1 aromatic carbocycles. The maximum absolute atomic E-state index is 12.0. The lowest BCUT2D eigenvalue weighted by Crippen LogP contribution is -2.31. The van der Waals surface area contributed by atoms with Gasteiger partial charge in [0.25, 0.3) is 5.91 Å². The number of benzene rings is 1. The van der Waals surface area contributed by atoms with Gasteiger partial charge >= 0.3 is 5.69 Å². The number of carbonyl (C=O) groups excluding carboxylic acids is 1. The van der Waals surface area contributed by atoms with E-state index in [0.717, 1.165) is 18.4 Å². The minimum absolute atomic E-state index is 0.0214. The second-order valence-corrected chi connectivity index (χ2v) is 7.44. The van der Waals surface area contributed by atoms with Crippen LogP contribution in [0.3, 0.4) is 0 Å². The van der Waals surface area contributed by atoms with Crippen LogP contribution in [0.1, 0.15) is 29.3 Å². The number of fused-ring (bicyclic) bond motifs is 1. The molecule has 1 atom stereocenters. The second-order valence-electron chi connectivity index (χ2n) is 7.44. The van der Waals surface area contributed by atoms with Crippen LogP contribution in [0.2, 0.25) is 0 Å². The number of ether oxygens (including phenoxy) is 2. The number of aryl methyl sites for hydroxylation is 1. The second kappa shape index (κ2) is 8.54. The van der Waals surface area contributed by atoms with Crippen molar-refractivity contribution in [2.24, 2.45) is 5.73 Å². The van der Waals surface area contributed by atoms with Crippen LogP contribution < -0.4 is 20.9 Å². The van der Waals surface area contributed by atoms with Crippen molar-refractivity contribution in [2.75, 3.05) is 33.0 Å². The van der Waals surface area contributed by atoms with Crippen molar-refractivity contribution in [1.82, 2.24) is 9.88 Å². The monoisotopic (exact) mass is 415 g/mol. The average molecular weight is 415 g/mol. The summed E-state index contributed by atoms with van der Waals surface area (Å²) in [4.78, 5) is 29.5. The first-order chi connectivity index (χ1) is 14.2. The number of nitrogens with two attached hydrogens (primary N) is 2. The first kappa shape index (κ1) is 21.3. The number of likely N-dealkylation sites (N-methyl/N-ethyl adjacent to an activating group) is 1. The Morgan fingerprint density at radius 2 is 2.17 bits per heavy atom. The zero-order chi connectivity index (χ0) is 22.0. The summed E-state index contributed by atoms with van der Waals surface area (Å²) in [6.45, 7) is 2.76. The van der Waals surface area contributed by atoms with Crippen LogP contribution in [0.4, 0.5) is 11.4 Å². The van der Waals surface area contributed by atoms with Gasteiger partial charge in [0.2, 0.25) is 5.88 Å². The van der Waals surface area contributed by atoms with Crippen molar-refractivity contribution in [3.63, 3.8) is 0 Å². The number of primary amides is 1. The fraction of sp³-hybridized carbons (Fsp3) is 0.400. The minimum atomic E-state index is -0.897. The molecule has 0 unspecified atom stereocenters. The Bertz CT molecular complexity index is 992. The van der Waals surface area contributed by atoms with Crippen LogP contribution in [0.25, 0.3) is 11.1 Å². The molecule has 0 aliphatic carbocycles. The molecule has 0 radical (unpaired) electrons. The predicted octanol–water partition coefficient (Wildman–Crippen LogP) is 1.99. The van der Waals surface area contributed by atoms with Gasteiger partial charge in [0.15, 0.2) is 0 Å². The Morgan fingerprint density at radius 1 is 1.43 bits per heavy atom. The lowest BCUT2D eigenvalue weighted by atomic mass is 9.97. The molecule has 3 rings (SSSR count). The molecule has 0 saturated carbocycles. The molecule has 10 nitrogen and oxygen atoms in total.